The molecule has 0 aliphatic carbocycles. The molecule has 2 aromatic rings. The number of amides is 4. The molecule has 2 aliphatic heterocycles. The quantitative estimate of drug-likeness (QED) is 0.346. The summed E-state index contributed by atoms with van der Waals surface area (Å²) in [7, 11) is 0. The van der Waals surface area contributed by atoms with Crippen molar-refractivity contribution in [1.29, 1.82) is 0 Å². The Hall–Kier alpha value is -3.72. The first-order chi connectivity index (χ1) is 16.3. The summed E-state index contributed by atoms with van der Waals surface area (Å²) < 4.78 is 0. The zero-order valence-electron chi connectivity index (χ0n) is 18.9. The van der Waals surface area contributed by atoms with E-state index in [0.29, 0.717) is 0 Å². The van der Waals surface area contributed by atoms with E-state index in [9.17, 15) is 24.3 Å². The summed E-state index contributed by atoms with van der Waals surface area (Å²) in [5.74, 6) is -3.98. The number of fused-ring (bicyclic) bond motifs is 1. The summed E-state index contributed by atoms with van der Waals surface area (Å²) in [5.41, 5.74) is 5.94. The van der Waals surface area contributed by atoms with Crippen molar-refractivity contribution in [1.82, 2.24) is 15.5 Å². The molecule has 4 amide bonds. The molecule has 2 heterocycles. The number of carboxylic acid groups (broad SMARTS) is 1. The Morgan fingerprint density at radius 3 is 2.41 bits per heavy atom. The maximum atomic E-state index is 13.6. The average molecular weight is 465 g/mol. The molecule has 0 radical (unpaired) electrons. The van der Waals surface area contributed by atoms with E-state index in [1.165, 1.54) is 4.90 Å². The molecule has 0 aromatic heterocycles. The highest BCUT2D eigenvalue weighted by Gasteiger charge is 2.68. The van der Waals surface area contributed by atoms with Crippen LogP contribution in [-0.2, 0) is 20.9 Å². The van der Waals surface area contributed by atoms with Gasteiger partial charge in [-0.15, -0.1) is 0 Å². The predicted octanol–water partition coefficient (Wildman–Crippen LogP) is 1.71. The van der Waals surface area contributed by atoms with Gasteiger partial charge in [0.2, 0.25) is 11.8 Å². The number of aryl methyl sites for hydroxylation is 1. The Labute approximate surface area is 197 Å². The van der Waals surface area contributed by atoms with Gasteiger partial charge in [0.05, 0.1) is 18.4 Å². The Balaban J connectivity index is 1.73. The summed E-state index contributed by atoms with van der Waals surface area (Å²) >= 11 is 0. The summed E-state index contributed by atoms with van der Waals surface area (Å²) in [6, 6.07) is 15.3. The number of benzene rings is 2. The fourth-order valence-corrected chi connectivity index (χ4v) is 5.30. The van der Waals surface area contributed by atoms with E-state index in [1.54, 1.807) is 0 Å². The van der Waals surface area contributed by atoms with Crippen LogP contribution < -0.4 is 16.4 Å². The lowest BCUT2D eigenvalue weighted by atomic mass is 9.76. The molecule has 9 heteroatoms. The van der Waals surface area contributed by atoms with E-state index in [2.05, 4.69) is 10.6 Å². The van der Waals surface area contributed by atoms with Crippen LogP contribution in [0.1, 0.15) is 35.6 Å². The van der Waals surface area contributed by atoms with Crippen molar-refractivity contribution in [3.63, 3.8) is 0 Å². The molecule has 0 saturated carbocycles. The smallest absolute Gasteiger partial charge is 0.324 e. The van der Waals surface area contributed by atoms with Gasteiger partial charge in [0, 0.05) is 12.6 Å². The number of carbonyl (C=O) groups is 4. The molecular weight excluding hydrogens is 436 g/mol. The molecule has 4 atom stereocenters. The van der Waals surface area contributed by atoms with Gasteiger partial charge in [0.25, 0.3) is 0 Å². The van der Waals surface area contributed by atoms with Crippen molar-refractivity contribution in [3.8, 4) is 0 Å². The van der Waals surface area contributed by atoms with Crippen molar-refractivity contribution in [2.45, 2.75) is 37.9 Å². The number of rotatable bonds is 8. The lowest BCUT2D eigenvalue weighted by molar-refractivity contribution is -0.152. The third-order valence-electron chi connectivity index (χ3n) is 6.88. The van der Waals surface area contributed by atoms with E-state index >= 15 is 0 Å². The second-order valence-electron chi connectivity index (χ2n) is 8.90. The minimum Gasteiger partial charge on any atom is -0.480 e. The molecule has 4 unspecified atom stereocenters. The zero-order valence-corrected chi connectivity index (χ0v) is 18.9. The van der Waals surface area contributed by atoms with Gasteiger partial charge < -0.3 is 16.2 Å². The fourth-order valence-electron chi connectivity index (χ4n) is 5.30. The molecule has 2 saturated heterocycles. The van der Waals surface area contributed by atoms with Crippen molar-refractivity contribution < 1.29 is 24.3 Å². The summed E-state index contributed by atoms with van der Waals surface area (Å²) in [4.78, 5) is 52.2. The number of urea groups is 1. The van der Waals surface area contributed by atoms with Crippen molar-refractivity contribution >= 4 is 23.8 Å². The van der Waals surface area contributed by atoms with Crippen LogP contribution in [0, 0.1) is 18.8 Å². The molecule has 2 fully saturated rings. The van der Waals surface area contributed by atoms with Crippen LogP contribution in [0.4, 0.5) is 4.79 Å². The Kier molecular flexibility index (Phi) is 6.39. The molecule has 9 nitrogen and oxygen atoms in total. The molecule has 178 valence electrons. The van der Waals surface area contributed by atoms with Crippen LogP contribution in [0.3, 0.4) is 0 Å². The van der Waals surface area contributed by atoms with Gasteiger partial charge in [-0.3, -0.25) is 24.6 Å². The highest BCUT2D eigenvalue weighted by molar-refractivity contribution is 6.09. The first-order valence-electron chi connectivity index (χ1n) is 11.3. The minimum absolute atomic E-state index is 0.0460. The number of nitrogens with zero attached hydrogens (tertiary/aromatic N) is 1. The third kappa shape index (κ3) is 4.03. The monoisotopic (exact) mass is 464 g/mol. The number of carboxylic acids is 1. The van der Waals surface area contributed by atoms with Gasteiger partial charge in [-0.1, -0.05) is 54.6 Å². The van der Waals surface area contributed by atoms with Gasteiger partial charge in [-0.05, 0) is 36.5 Å². The Bertz CT molecular complexity index is 1120. The number of primary amides is 1. The molecule has 0 spiro atoms. The minimum atomic E-state index is -1.66. The van der Waals surface area contributed by atoms with E-state index in [1.807, 2.05) is 61.5 Å². The highest BCUT2D eigenvalue weighted by atomic mass is 16.4. The number of likely N-dealkylation sites (tertiary alicyclic amines) is 1. The average Bonchev–Trinajstić information content (AvgIpc) is 3.28. The van der Waals surface area contributed by atoms with Crippen molar-refractivity contribution in [2.75, 3.05) is 6.54 Å². The van der Waals surface area contributed by atoms with Crippen LogP contribution in [0.15, 0.2) is 54.6 Å². The van der Waals surface area contributed by atoms with Crippen molar-refractivity contribution in [2.24, 2.45) is 17.6 Å². The Morgan fingerprint density at radius 2 is 1.76 bits per heavy atom. The molecule has 2 aliphatic rings. The summed E-state index contributed by atoms with van der Waals surface area (Å²) in [6.45, 7) is 2.14. The van der Waals surface area contributed by atoms with E-state index in [0.717, 1.165) is 16.7 Å². The number of nitrogens with two attached hydrogens (primary N) is 1. The summed E-state index contributed by atoms with van der Waals surface area (Å²) in [5, 5.41) is 16.0. The number of carbonyl (C=O) groups excluding carboxylic acids is 3. The van der Waals surface area contributed by atoms with Crippen LogP contribution in [0.5, 0.6) is 0 Å². The predicted molar refractivity (Wildman–Crippen MR) is 123 cm³/mol. The first kappa shape index (κ1) is 23.4. The van der Waals surface area contributed by atoms with Crippen LogP contribution >= 0.6 is 0 Å². The fraction of sp³-hybridized carbons (Fsp3) is 0.360. The van der Waals surface area contributed by atoms with Gasteiger partial charge in [0.15, 0.2) is 0 Å². The van der Waals surface area contributed by atoms with E-state index in [-0.39, 0.29) is 31.8 Å². The SMILES string of the molecule is Cc1ccccc1C1NC(CCCNC(N)=O)(C(=O)O)C2C(=O)N(Cc3ccccc3)C(=O)C12. The standard InChI is InChI=1S/C25H28N4O5/c1-15-8-5-6-11-17(15)20-18-19(25(28-20,23(32)33)12-7-13-27-24(26)34)22(31)29(21(18)30)14-16-9-3-2-4-10-16/h2-6,8-11,18-20,28H,7,12-14H2,1H3,(H,32,33)(H3,26,27,34). The van der Waals surface area contributed by atoms with Gasteiger partial charge in [-0.25, -0.2) is 4.79 Å². The van der Waals surface area contributed by atoms with Crippen LogP contribution in [-0.4, -0.2) is 45.9 Å². The maximum Gasteiger partial charge on any atom is 0.324 e. The highest BCUT2D eigenvalue weighted by Crippen LogP contribution is 2.51. The van der Waals surface area contributed by atoms with Crippen LogP contribution in [0.25, 0.3) is 0 Å². The normalized spacial score (nSPS) is 25.9. The first-order valence-corrected chi connectivity index (χ1v) is 11.3. The van der Waals surface area contributed by atoms with Gasteiger partial charge in [0.1, 0.15) is 5.54 Å². The van der Waals surface area contributed by atoms with Crippen molar-refractivity contribution in [3.05, 3.63) is 71.3 Å². The van der Waals surface area contributed by atoms with E-state index < -0.39 is 41.3 Å². The number of hydrogen-bond donors (Lipinski definition) is 4. The lowest BCUT2D eigenvalue weighted by Gasteiger charge is -2.31. The molecule has 34 heavy (non-hydrogen) atoms. The van der Waals surface area contributed by atoms with Gasteiger partial charge in [-0.2, -0.15) is 0 Å². The van der Waals surface area contributed by atoms with Crippen LogP contribution in [0.2, 0.25) is 0 Å². The molecular formula is C25H28N4O5. The van der Waals surface area contributed by atoms with Gasteiger partial charge >= 0.3 is 12.0 Å². The number of imide groups is 1. The zero-order chi connectivity index (χ0) is 24.5. The number of aliphatic carboxylic acids is 1. The largest absolute Gasteiger partial charge is 0.480 e. The Morgan fingerprint density at radius 1 is 1.09 bits per heavy atom. The lowest BCUT2D eigenvalue weighted by Crippen LogP contribution is -2.56. The second kappa shape index (κ2) is 9.26. The molecule has 5 N–H and O–H groups in total. The number of hydrogen-bond acceptors (Lipinski definition) is 5. The maximum absolute atomic E-state index is 13.6. The second-order valence-corrected chi connectivity index (χ2v) is 8.90. The molecule has 0 bridgehead atoms. The topological polar surface area (TPSA) is 142 Å². The summed E-state index contributed by atoms with van der Waals surface area (Å²) in [6.07, 6.45) is 0.316. The van der Waals surface area contributed by atoms with E-state index in [4.69, 9.17) is 5.73 Å². The third-order valence-corrected chi connectivity index (χ3v) is 6.88. The molecule has 4 rings (SSSR count). The number of nitrogens with one attached hydrogen (secondary N) is 2. The molecule has 2 aromatic carbocycles.